The summed E-state index contributed by atoms with van der Waals surface area (Å²) in [6.45, 7) is 6.16. The third kappa shape index (κ3) is 6.23. The number of benzene rings is 1. The molecular weight excluding hydrogens is 328 g/mol. The molecular formula is C18H26OS3. The van der Waals surface area contributed by atoms with Crippen molar-refractivity contribution >= 4 is 35.3 Å². The van der Waals surface area contributed by atoms with Gasteiger partial charge in [0.25, 0.3) is 0 Å². The first-order chi connectivity index (χ1) is 10.6. The molecule has 1 aromatic carbocycles. The second kappa shape index (κ2) is 9.31. The highest BCUT2D eigenvalue weighted by Crippen LogP contribution is 2.45. The molecule has 4 heteroatoms. The molecule has 122 valence electrons. The third-order valence-corrected chi connectivity index (χ3v) is 8.23. The number of thioether (sulfide) groups is 3. The first-order valence-electron chi connectivity index (χ1n) is 7.90. The van der Waals surface area contributed by atoms with Gasteiger partial charge in [0, 0.05) is 10.1 Å². The molecule has 2 atom stereocenters. The Labute approximate surface area is 147 Å². The number of hydrogen-bond donors (Lipinski definition) is 1. The minimum Gasteiger partial charge on any atom is -0.393 e. The Morgan fingerprint density at radius 1 is 1.32 bits per heavy atom. The van der Waals surface area contributed by atoms with Crippen LogP contribution in [0.3, 0.4) is 0 Å². The summed E-state index contributed by atoms with van der Waals surface area (Å²) < 4.78 is 0.188. The number of hydrogen-bond acceptors (Lipinski definition) is 4. The zero-order valence-electron chi connectivity index (χ0n) is 13.2. The van der Waals surface area contributed by atoms with Gasteiger partial charge in [-0.2, -0.15) is 0 Å². The van der Waals surface area contributed by atoms with Crippen molar-refractivity contribution in [2.75, 3.05) is 11.5 Å². The highest BCUT2D eigenvalue weighted by Gasteiger charge is 2.31. The van der Waals surface area contributed by atoms with Gasteiger partial charge in [-0.3, -0.25) is 0 Å². The summed E-state index contributed by atoms with van der Waals surface area (Å²) >= 11 is 5.89. The number of allylic oxidation sites excluding steroid dienone is 1. The summed E-state index contributed by atoms with van der Waals surface area (Å²) in [5.74, 6) is 2.45. The van der Waals surface area contributed by atoms with Crippen molar-refractivity contribution in [3.63, 3.8) is 0 Å². The molecule has 0 bridgehead atoms. The molecule has 1 saturated heterocycles. The standard InChI is InChI=1S/C18H26OS3/c1-3-8-17(22-16-9-5-4-6-10-16)13-15(19)14-18(2)20-11-7-12-21-18/h3-6,9-10,15,17,19H,1,7-8,11-14H2,2H3/t15-,17?/m0/s1. The summed E-state index contributed by atoms with van der Waals surface area (Å²) in [5.41, 5.74) is 0. The van der Waals surface area contributed by atoms with Crippen molar-refractivity contribution in [1.29, 1.82) is 0 Å². The van der Waals surface area contributed by atoms with E-state index in [0.717, 1.165) is 19.3 Å². The Hall–Kier alpha value is -0.0300. The second-order valence-corrected chi connectivity index (χ2v) is 10.7. The monoisotopic (exact) mass is 354 g/mol. The average molecular weight is 355 g/mol. The largest absolute Gasteiger partial charge is 0.393 e. The molecule has 1 N–H and O–H groups in total. The van der Waals surface area contributed by atoms with Crippen LogP contribution in [0.2, 0.25) is 0 Å². The van der Waals surface area contributed by atoms with Crippen molar-refractivity contribution in [2.24, 2.45) is 0 Å². The van der Waals surface area contributed by atoms with E-state index in [1.165, 1.54) is 22.8 Å². The van der Waals surface area contributed by atoms with Crippen LogP contribution >= 0.6 is 35.3 Å². The lowest BCUT2D eigenvalue weighted by Gasteiger charge is -2.34. The Morgan fingerprint density at radius 3 is 2.64 bits per heavy atom. The zero-order chi connectivity index (χ0) is 15.8. The lowest BCUT2D eigenvalue weighted by molar-refractivity contribution is 0.152. The maximum atomic E-state index is 10.6. The van der Waals surface area contributed by atoms with E-state index in [4.69, 9.17) is 0 Å². The predicted molar refractivity (Wildman–Crippen MR) is 104 cm³/mol. The first-order valence-corrected chi connectivity index (χ1v) is 10.7. The molecule has 2 rings (SSSR count). The van der Waals surface area contributed by atoms with E-state index in [1.807, 2.05) is 47.4 Å². The minimum absolute atomic E-state index is 0.188. The molecule has 1 heterocycles. The van der Waals surface area contributed by atoms with Gasteiger partial charge in [0.2, 0.25) is 0 Å². The van der Waals surface area contributed by atoms with Crippen LogP contribution in [0.25, 0.3) is 0 Å². The van der Waals surface area contributed by atoms with Crippen LogP contribution in [0.1, 0.15) is 32.6 Å². The van der Waals surface area contributed by atoms with E-state index < -0.39 is 0 Å². The van der Waals surface area contributed by atoms with E-state index in [2.05, 4.69) is 37.8 Å². The number of rotatable bonds is 8. The van der Waals surface area contributed by atoms with E-state index in [1.54, 1.807) is 0 Å². The van der Waals surface area contributed by atoms with Gasteiger partial charge in [-0.05, 0) is 56.2 Å². The fourth-order valence-corrected chi connectivity index (χ4v) is 7.01. The Kier molecular flexibility index (Phi) is 7.75. The van der Waals surface area contributed by atoms with Gasteiger partial charge >= 0.3 is 0 Å². The molecule has 0 amide bonds. The molecule has 0 spiro atoms. The molecule has 0 aromatic heterocycles. The van der Waals surface area contributed by atoms with Gasteiger partial charge in [0.1, 0.15) is 0 Å². The lowest BCUT2D eigenvalue weighted by atomic mass is 10.1. The van der Waals surface area contributed by atoms with E-state index in [9.17, 15) is 5.11 Å². The van der Waals surface area contributed by atoms with Crippen LogP contribution in [0.5, 0.6) is 0 Å². The molecule has 1 aromatic rings. The summed E-state index contributed by atoms with van der Waals surface area (Å²) in [7, 11) is 0. The fraction of sp³-hybridized carbons (Fsp3) is 0.556. The minimum atomic E-state index is -0.232. The van der Waals surface area contributed by atoms with Gasteiger partial charge in [-0.15, -0.1) is 41.9 Å². The van der Waals surface area contributed by atoms with Gasteiger partial charge in [-0.25, -0.2) is 0 Å². The first kappa shape index (κ1) is 18.3. The molecule has 0 aliphatic carbocycles. The normalized spacial score (nSPS) is 20.3. The molecule has 1 aliphatic heterocycles. The molecule has 1 aliphatic rings. The third-order valence-electron chi connectivity index (χ3n) is 3.72. The SMILES string of the molecule is C=CCC(C[C@H](O)CC1(C)SCCCS1)Sc1ccccc1. The predicted octanol–water partition coefficient (Wildman–Crippen LogP) is 5.45. The molecule has 1 nitrogen and oxygen atoms in total. The van der Waals surface area contributed by atoms with Gasteiger partial charge in [0.05, 0.1) is 10.2 Å². The van der Waals surface area contributed by atoms with E-state index in [-0.39, 0.29) is 10.2 Å². The topological polar surface area (TPSA) is 20.2 Å². The summed E-state index contributed by atoms with van der Waals surface area (Å²) in [6, 6.07) is 10.5. The van der Waals surface area contributed by atoms with E-state index >= 15 is 0 Å². The number of aliphatic hydroxyl groups excluding tert-OH is 1. The molecule has 22 heavy (non-hydrogen) atoms. The van der Waals surface area contributed by atoms with Crippen molar-refractivity contribution in [3.05, 3.63) is 43.0 Å². The van der Waals surface area contributed by atoms with Crippen LogP contribution in [-0.2, 0) is 0 Å². The van der Waals surface area contributed by atoms with Crippen molar-refractivity contribution in [3.8, 4) is 0 Å². The fourth-order valence-electron chi connectivity index (χ4n) is 2.68. The Morgan fingerprint density at radius 2 is 2.00 bits per heavy atom. The van der Waals surface area contributed by atoms with Crippen LogP contribution in [0.4, 0.5) is 0 Å². The summed E-state index contributed by atoms with van der Waals surface area (Å²) in [4.78, 5) is 1.27. The maximum Gasteiger partial charge on any atom is 0.0607 e. The molecule has 0 saturated carbocycles. The van der Waals surface area contributed by atoms with Crippen LogP contribution in [0.15, 0.2) is 47.9 Å². The Balaban J connectivity index is 1.87. The lowest BCUT2D eigenvalue weighted by Crippen LogP contribution is -2.28. The van der Waals surface area contributed by atoms with Gasteiger partial charge in [-0.1, -0.05) is 24.3 Å². The second-order valence-electron chi connectivity index (χ2n) is 5.86. The van der Waals surface area contributed by atoms with Crippen molar-refractivity contribution < 1.29 is 5.11 Å². The molecule has 1 unspecified atom stereocenters. The number of aliphatic hydroxyl groups is 1. The average Bonchev–Trinajstić information content (AvgIpc) is 2.48. The summed E-state index contributed by atoms with van der Waals surface area (Å²) in [5, 5.41) is 11.0. The zero-order valence-corrected chi connectivity index (χ0v) is 15.7. The smallest absolute Gasteiger partial charge is 0.0607 e. The van der Waals surface area contributed by atoms with Crippen LogP contribution in [0, 0.1) is 0 Å². The van der Waals surface area contributed by atoms with Crippen molar-refractivity contribution in [1.82, 2.24) is 0 Å². The Bertz CT molecular complexity index is 443. The van der Waals surface area contributed by atoms with Crippen LogP contribution < -0.4 is 0 Å². The van der Waals surface area contributed by atoms with Gasteiger partial charge < -0.3 is 5.11 Å². The van der Waals surface area contributed by atoms with Crippen molar-refractivity contribution in [2.45, 2.75) is 52.9 Å². The quantitative estimate of drug-likeness (QED) is 0.494. The summed E-state index contributed by atoms with van der Waals surface area (Å²) in [6.07, 6.45) is 5.69. The highest BCUT2D eigenvalue weighted by molar-refractivity contribution is 8.18. The maximum absolute atomic E-state index is 10.6. The highest BCUT2D eigenvalue weighted by atomic mass is 32.2. The van der Waals surface area contributed by atoms with Gasteiger partial charge in [0.15, 0.2) is 0 Å². The van der Waals surface area contributed by atoms with Crippen LogP contribution in [-0.4, -0.2) is 32.0 Å². The molecule has 1 fully saturated rings. The molecule has 0 radical (unpaired) electrons. The van der Waals surface area contributed by atoms with E-state index in [0.29, 0.717) is 5.25 Å².